The van der Waals surface area contributed by atoms with Crippen LogP contribution in [0.25, 0.3) is 22.2 Å². The van der Waals surface area contributed by atoms with E-state index in [0.29, 0.717) is 16.6 Å². The molecule has 1 aliphatic heterocycles. The molecule has 6 rings (SSSR count). The van der Waals surface area contributed by atoms with Crippen molar-refractivity contribution in [2.75, 3.05) is 5.43 Å². The van der Waals surface area contributed by atoms with Gasteiger partial charge in [-0.25, -0.2) is 4.98 Å². The van der Waals surface area contributed by atoms with Crippen molar-refractivity contribution in [2.24, 2.45) is 15.3 Å². The van der Waals surface area contributed by atoms with E-state index in [1.54, 1.807) is 54.6 Å². The summed E-state index contributed by atoms with van der Waals surface area (Å²) in [6.07, 6.45) is 0. The van der Waals surface area contributed by atoms with Gasteiger partial charge in [0.05, 0.1) is 33.0 Å². The Hall–Kier alpha value is -5.86. The standard InChI is InChI=1S/C30H19N7O7S2/c31-17-22-27(18-6-2-1-3-7-18)28(30(38)37-25-9-5-4-8-23(25)32-29(22)37)36-35-24-15-12-20(16-26(24)46(42,43)44)34-33-19-10-13-21(14-11-19)45(39,40)41/h1-16,35H,(H,39,40,41)(H,42,43,44)/b34-33?,36-28+. The van der Waals surface area contributed by atoms with E-state index >= 15 is 0 Å². The fourth-order valence-corrected chi connectivity index (χ4v) is 5.87. The number of nitrogens with zero attached hydrogens (tertiary/aromatic N) is 6. The van der Waals surface area contributed by atoms with Crippen LogP contribution in [0.2, 0.25) is 0 Å². The van der Waals surface area contributed by atoms with E-state index in [-0.39, 0.29) is 44.6 Å². The molecular formula is C30H19N7O7S2. The smallest absolute Gasteiger partial charge is 0.282 e. The first kappa shape index (κ1) is 30.2. The molecular weight excluding hydrogens is 635 g/mol. The van der Waals surface area contributed by atoms with E-state index in [0.717, 1.165) is 18.2 Å². The molecule has 5 aromatic rings. The highest BCUT2D eigenvalue weighted by Crippen LogP contribution is 2.35. The number of nitrogens with one attached hydrogen (secondary N) is 1. The average molecular weight is 654 g/mol. The fraction of sp³-hybridized carbons (Fsp3) is 0. The maximum Gasteiger partial charge on any atom is 0.296 e. The van der Waals surface area contributed by atoms with Gasteiger partial charge in [0.15, 0.2) is 11.5 Å². The van der Waals surface area contributed by atoms with Crippen molar-refractivity contribution in [1.29, 1.82) is 5.26 Å². The Bertz CT molecular complexity index is 2410. The lowest BCUT2D eigenvalue weighted by Crippen LogP contribution is -2.30. The average Bonchev–Trinajstić information content (AvgIpc) is 3.43. The number of carbonyl (C=O) groups excluding carboxylic acids is 1. The third-order valence-electron chi connectivity index (χ3n) is 6.80. The Balaban J connectivity index is 1.42. The van der Waals surface area contributed by atoms with E-state index in [2.05, 4.69) is 31.8 Å². The van der Waals surface area contributed by atoms with Gasteiger partial charge in [0.2, 0.25) is 0 Å². The van der Waals surface area contributed by atoms with Gasteiger partial charge >= 0.3 is 0 Å². The highest BCUT2D eigenvalue weighted by molar-refractivity contribution is 7.86. The predicted molar refractivity (Wildman–Crippen MR) is 167 cm³/mol. The monoisotopic (exact) mass is 653 g/mol. The van der Waals surface area contributed by atoms with Gasteiger partial charge in [-0.05, 0) is 60.2 Å². The third kappa shape index (κ3) is 5.69. The maximum absolute atomic E-state index is 14.0. The summed E-state index contributed by atoms with van der Waals surface area (Å²) < 4.78 is 67.6. The second kappa shape index (κ2) is 11.6. The van der Waals surface area contributed by atoms with Gasteiger partial charge in [-0.1, -0.05) is 42.5 Å². The van der Waals surface area contributed by atoms with Crippen LogP contribution in [0.3, 0.4) is 0 Å². The molecule has 0 fully saturated rings. The number of allylic oxidation sites excluding steroid dienone is 2. The topological polar surface area (TPSA) is 217 Å². The lowest BCUT2D eigenvalue weighted by atomic mass is 9.92. The van der Waals surface area contributed by atoms with Crippen LogP contribution in [0.5, 0.6) is 0 Å². The molecule has 228 valence electrons. The summed E-state index contributed by atoms with van der Waals surface area (Å²) in [6, 6.07) is 25.9. The number of benzene rings is 4. The maximum atomic E-state index is 14.0. The van der Waals surface area contributed by atoms with Crippen LogP contribution in [0.4, 0.5) is 17.1 Å². The molecule has 3 N–H and O–H groups in total. The minimum absolute atomic E-state index is 0.00964. The number of aromatic nitrogens is 2. The molecule has 1 aromatic heterocycles. The van der Waals surface area contributed by atoms with Gasteiger partial charge in [-0.3, -0.25) is 23.9 Å². The van der Waals surface area contributed by atoms with Crippen molar-refractivity contribution in [2.45, 2.75) is 9.79 Å². The first-order valence-electron chi connectivity index (χ1n) is 13.1. The number of imidazole rings is 1. The van der Waals surface area contributed by atoms with Gasteiger partial charge in [-0.2, -0.15) is 37.4 Å². The fourth-order valence-electron chi connectivity index (χ4n) is 4.73. The number of nitriles is 1. The van der Waals surface area contributed by atoms with Crippen molar-refractivity contribution in [3.8, 4) is 6.07 Å². The molecule has 0 amide bonds. The number of anilines is 1. The summed E-state index contributed by atoms with van der Waals surface area (Å²) in [4.78, 5) is 17.5. The van der Waals surface area contributed by atoms with E-state index < -0.39 is 31.0 Å². The van der Waals surface area contributed by atoms with Crippen molar-refractivity contribution in [1.82, 2.24) is 9.55 Å². The molecule has 46 heavy (non-hydrogen) atoms. The zero-order valence-electron chi connectivity index (χ0n) is 23.2. The van der Waals surface area contributed by atoms with Gasteiger partial charge < -0.3 is 0 Å². The SMILES string of the molecule is N#CC1=C(c2ccccc2)/C(=N\Nc2ccc(N=Nc3ccc(S(=O)(=O)O)cc3)cc2S(=O)(=O)O)C(=O)n2c1nc1ccccc12. The molecule has 0 saturated carbocycles. The van der Waals surface area contributed by atoms with Gasteiger partial charge in [0, 0.05) is 5.57 Å². The summed E-state index contributed by atoms with van der Waals surface area (Å²) >= 11 is 0. The highest BCUT2D eigenvalue weighted by Gasteiger charge is 2.35. The van der Waals surface area contributed by atoms with E-state index in [1.165, 1.54) is 28.8 Å². The quantitative estimate of drug-likeness (QED) is 0.114. The first-order valence-corrected chi connectivity index (χ1v) is 16.0. The summed E-state index contributed by atoms with van der Waals surface area (Å²) in [6.45, 7) is 0. The number of hydrogen-bond donors (Lipinski definition) is 3. The molecule has 14 nitrogen and oxygen atoms in total. The molecule has 4 aromatic carbocycles. The lowest BCUT2D eigenvalue weighted by molar-refractivity contribution is 0.0994. The minimum Gasteiger partial charge on any atom is -0.282 e. The molecule has 0 unspecified atom stereocenters. The normalized spacial score (nSPS) is 14.5. The number of azo groups is 1. The van der Waals surface area contributed by atoms with Crippen LogP contribution in [0.15, 0.2) is 122 Å². The van der Waals surface area contributed by atoms with Crippen molar-refractivity contribution in [3.05, 3.63) is 108 Å². The predicted octanol–water partition coefficient (Wildman–Crippen LogP) is 5.50. The van der Waals surface area contributed by atoms with E-state index in [9.17, 15) is 31.4 Å². The zero-order valence-corrected chi connectivity index (χ0v) is 24.8. The van der Waals surface area contributed by atoms with Gasteiger partial charge in [0.1, 0.15) is 16.5 Å². The van der Waals surface area contributed by atoms with Crippen molar-refractivity contribution in [3.63, 3.8) is 0 Å². The molecule has 0 aliphatic carbocycles. The van der Waals surface area contributed by atoms with Crippen LogP contribution < -0.4 is 5.43 Å². The largest absolute Gasteiger partial charge is 0.296 e. The van der Waals surface area contributed by atoms with Crippen LogP contribution in [0, 0.1) is 11.3 Å². The van der Waals surface area contributed by atoms with E-state index in [4.69, 9.17) is 4.55 Å². The zero-order chi connectivity index (χ0) is 32.6. The lowest BCUT2D eigenvalue weighted by Gasteiger charge is -2.20. The molecule has 0 spiro atoms. The molecule has 0 saturated heterocycles. The molecule has 0 bridgehead atoms. The molecule has 0 radical (unpaired) electrons. The van der Waals surface area contributed by atoms with Crippen LogP contribution in [-0.4, -0.2) is 47.1 Å². The summed E-state index contributed by atoms with van der Waals surface area (Å²) in [5, 5.41) is 22.3. The van der Waals surface area contributed by atoms with Gasteiger partial charge in [0.25, 0.3) is 26.1 Å². The number of rotatable bonds is 7. The molecule has 0 atom stereocenters. The van der Waals surface area contributed by atoms with Crippen LogP contribution in [0.1, 0.15) is 16.2 Å². The first-order chi connectivity index (χ1) is 22.0. The van der Waals surface area contributed by atoms with Crippen molar-refractivity contribution < 1.29 is 30.7 Å². The number of hydrazone groups is 1. The Morgan fingerprint density at radius 2 is 1.46 bits per heavy atom. The second-order valence-corrected chi connectivity index (χ2v) is 12.5. The number of para-hydroxylation sites is 2. The van der Waals surface area contributed by atoms with Gasteiger partial charge in [-0.15, -0.1) is 0 Å². The Morgan fingerprint density at radius 1 is 0.804 bits per heavy atom. The molecule has 2 heterocycles. The molecule has 16 heteroatoms. The summed E-state index contributed by atoms with van der Waals surface area (Å²) in [7, 11) is -9.27. The summed E-state index contributed by atoms with van der Waals surface area (Å²) in [5.41, 5.74) is 3.95. The number of fused-ring (bicyclic) bond motifs is 3. The van der Waals surface area contributed by atoms with Crippen molar-refractivity contribution >= 4 is 71.1 Å². The Morgan fingerprint density at radius 3 is 2.13 bits per heavy atom. The molecule has 1 aliphatic rings. The van der Waals surface area contributed by atoms with E-state index in [1.807, 2.05) is 0 Å². The Kier molecular flexibility index (Phi) is 7.59. The highest BCUT2D eigenvalue weighted by atomic mass is 32.2. The Labute approximate surface area is 261 Å². The minimum atomic E-state index is -4.87. The number of carbonyl (C=O) groups is 1. The number of hydrogen-bond acceptors (Lipinski definition) is 11. The van der Waals surface area contributed by atoms with Crippen LogP contribution >= 0.6 is 0 Å². The third-order valence-corrected chi connectivity index (χ3v) is 8.56. The summed E-state index contributed by atoms with van der Waals surface area (Å²) in [5.74, 6) is -0.500. The van der Waals surface area contributed by atoms with Crippen LogP contribution in [-0.2, 0) is 20.2 Å². The second-order valence-electron chi connectivity index (χ2n) is 9.69.